The van der Waals surface area contributed by atoms with Crippen molar-refractivity contribution in [2.75, 3.05) is 4.90 Å². The van der Waals surface area contributed by atoms with Crippen LogP contribution >= 0.6 is 0 Å². The molecule has 2 heterocycles. The van der Waals surface area contributed by atoms with E-state index >= 15 is 0 Å². The molecule has 1 aliphatic heterocycles. The second kappa shape index (κ2) is 8.91. The molecule has 1 unspecified atom stereocenters. The second-order valence-corrected chi connectivity index (χ2v) is 9.26. The van der Waals surface area contributed by atoms with Crippen LogP contribution in [0.15, 0.2) is 84.6 Å². The van der Waals surface area contributed by atoms with Crippen molar-refractivity contribution in [3.05, 3.63) is 107 Å². The first-order chi connectivity index (χ1) is 16.9. The maximum absolute atomic E-state index is 13.4. The Morgan fingerprint density at radius 1 is 0.971 bits per heavy atom. The highest BCUT2D eigenvalue weighted by molar-refractivity contribution is 6.51. The summed E-state index contributed by atoms with van der Waals surface area (Å²) in [5, 5.41) is 12.3. The number of para-hydroxylation sites is 1. The molecule has 1 saturated heterocycles. The number of aromatic nitrogens is 1. The van der Waals surface area contributed by atoms with Crippen LogP contribution in [-0.4, -0.2) is 21.8 Å². The number of rotatable bonds is 5. The first-order valence-electron chi connectivity index (χ1n) is 12.0. The van der Waals surface area contributed by atoms with E-state index in [0.29, 0.717) is 17.2 Å². The quantitative estimate of drug-likeness (QED) is 0.202. The Hall–Kier alpha value is -4.12. The number of aromatic amines is 1. The number of anilines is 1. The van der Waals surface area contributed by atoms with Crippen molar-refractivity contribution in [1.82, 2.24) is 4.98 Å². The molecule has 0 saturated carbocycles. The Kier molecular flexibility index (Phi) is 5.77. The fourth-order valence-corrected chi connectivity index (χ4v) is 4.79. The molecule has 4 aromatic rings. The van der Waals surface area contributed by atoms with Crippen LogP contribution in [0.1, 0.15) is 55.0 Å². The Labute approximate surface area is 204 Å². The highest BCUT2D eigenvalue weighted by atomic mass is 16.3. The Morgan fingerprint density at radius 3 is 2.31 bits per heavy atom. The number of amides is 1. The number of H-pyrrole nitrogens is 1. The topological polar surface area (TPSA) is 73.4 Å². The fraction of sp³-hybridized carbons (Fsp3) is 0.200. The minimum atomic E-state index is -0.762. The summed E-state index contributed by atoms with van der Waals surface area (Å²) < 4.78 is 0. The number of Topliss-reactive ketones (excluding diaryl/α,β-unsaturated/α-hetero) is 1. The van der Waals surface area contributed by atoms with E-state index in [4.69, 9.17) is 0 Å². The maximum Gasteiger partial charge on any atom is 0.300 e. The molecule has 2 N–H and O–H groups in total. The molecule has 0 spiro atoms. The zero-order chi connectivity index (χ0) is 24.7. The summed E-state index contributed by atoms with van der Waals surface area (Å²) in [4.78, 5) is 31.6. The first-order valence-corrected chi connectivity index (χ1v) is 12.0. The highest BCUT2D eigenvalue weighted by Gasteiger charge is 2.47. The molecule has 1 aliphatic rings. The van der Waals surface area contributed by atoms with Crippen molar-refractivity contribution >= 4 is 34.0 Å². The number of aliphatic hydroxyl groups is 1. The van der Waals surface area contributed by atoms with Crippen molar-refractivity contribution < 1.29 is 14.7 Å². The summed E-state index contributed by atoms with van der Waals surface area (Å²) >= 11 is 0. The number of hydrogen-bond donors (Lipinski definition) is 2. The van der Waals surface area contributed by atoms with Gasteiger partial charge in [-0.2, -0.15) is 0 Å². The lowest BCUT2D eigenvalue weighted by Crippen LogP contribution is -2.29. The van der Waals surface area contributed by atoms with Crippen molar-refractivity contribution in [3.63, 3.8) is 0 Å². The molecule has 1 aromatic heterocycles. The average molecular weight is 465 g/mol. The van der Waals surface area contributed by atoms with E-state index in [-0.39, 0.29) is 11.3 Å². The molecule has 1 atom stereocenters. The third-order valence-electron chi connectivity index (χ3n) is 6.83. The van der Waals surface area contributed by atoms with Crippen molar-refractivity contribution in [2.45, 2.75) is 39.2 Å². The van der Waals surface area contributed by atoms with Gasteiger partial charge < -0.3 is 10.1 Å². The summed E-state index contributed by atoms with van der Waals surface area (Å²) in [6.07, 6.45) is 2.69. The SMILES string of the molecule is CCc1ccc(/C(O)=C2\C(=O)C(=O)N(c3ccc(C(C)C)cc3)C2c2c[nH]c3ccccc23)cc1. The van der Waals surface area contributed by atoms with Gasteiger partial charge in [0.25, 0.3) is 11.7 Å². The largest absolute Gasteiger partial charge is 0.507 e. The lowest BCUT2D eigenvalue weighted by molar-refractivity contribution is -0.132. The van der Waals surface area contributed by atoms with Crippen LogP contribution in [0.5, 0.6) is 0 Å². The predicted octanol–water partition coefficient (Wildman–Crippen LogP) is 6.48. The van der Waals surface area contributed by atoms with Gasteiger partial charge in [-0.05, 0) is 41.7 Å². The molecule has 0 aliphatic carbocycles. The molecule has 35 heavy (non-hydrogen) atoms. The molecule has 5 nitrogen and oxygen atoms in total. The number of aliphatic hydroxyl groups excluding tert-OH is 1. The monoisotopic (exact) mass is 464 g/mol. The maximum atomic E-state index is 13.4. The number of ketones is 1. The standard InChI is InChI=1S/C30H28N2O3/c1-4-19-9-11-21(12-10-19)28(33)26-27(24-17-31-25-8-6-5-7-23(24)25)32(30(35)29(26)34)22-15-13-20(14-16-22)18(2)3/h5-18,27,31,33H,4H2,1-3H3/b28-26+. The van der Waals surface area contributed by atoms with Crippen LogP contribution in [0.25, 0.3) is 16.7 Å². The summed E-state index contributed by atoms with van der Waals surface area (Å²) in [6.45, 7) is 6.27. The Bertz CT molecular complexity index is 1440. The lowest BCUT2D eigenvalue weighted by atomic mass is 9.94. The third-order valence-corrected chi connectivity index (χ3v) is 6.83. The normalized spacial score (nSPS) is 17.6. The zero-order valence-electron chi connectivity index (χ0n) is 20.1. The molecule has 3 aromatic carbocycles. The number of hydrogen-bond acceptors (Lipinski definition) is 3. The molecule has 176 valence electrons. The van der Waals surface area contributed by atoms with Crippen LogP contribution in [0.4, 0.5) is 5.69 Å². The van der Waals surface area contributed by atoms with Crippen LogP contribution in [-0.2, 0) is 16.0 Å². The number of aryl methyl sites for hydroxylation is 1. The molecule has 1 fully saturated rings. The second-order valence-electron chi connectivity index (χ2n) is 9.26. The highest BCUT2D eigenvalue weighted by Crippen LogP contribution is 2.44. The predicted molar refractivity (Wildman–Crippen MR) is 139 cm³/mol. The number of benzene rings is 3. The summed E-state index contributed by atoms with van der Waals surface area (Å²) in [7, 11) is 0. The van der Waals surface area contributed by atoms with Gasteiger partial charge >= 0.3 is 0 Å². The van der Waals surface area contributed by atoms with Gasteiger partial charge in [0.15, 0.2) is 0 Å². The van der Waals surface area contributed by atoms with E-state index in [9.17, 15) is 14.7 Å². The number of nitrogens with zero attached hydrogens (tertiary/aromatic N) is 1. The van der Waals surface area contributed by atoms with Gasteiger partial charge in [-0.25, -0.2) is 0 Å². The smallest absolute Gasteiger partial charge is 0.300 e. The zero-order valence-corrected chi connectivity index (χ0v) is 20.1. The average Bonchev–Trinajstić information content (AvgIpc) is 3.42. The molecule has 5 rings (SSSR count). The van der Waals surface area contributed by atoms with E-state index < -0.39 is 17.7 Å². The van der Waals surface area contributed by atoms with E-state index in [1.807, 2.05) is 66.9 Å². The van der Waals surface area contributed by atoms with Gasteiger partial charge in [-0.15, -0.1) is 0 Å². The van der Waals surface area contributed by atoms with Crippen LogP contribution in [0.3, 0.4) is 0 Å². The van der Waals surface area contributed by atoms with Crippen molar-refractivity contribution in [1.29, 1.82) is 0 Å². The van der Waals surface area contributed by atoms with Crippen LogP contribution < -0.4 is 4.90 Å². The molecular formula is C30H28N2O3. The molecule has 0 bridgehead atoms. The van der Waals surface area contributed by atoms with E-state index in [2.05, 4.69) is 25.8 Å². The van der Waals surface area contributed by atoms with Gasteiger partial charge in [0.05, 0.1) is 11.6 Å². The number of fused-ring (bicyclic) bond motifs is 1. The lowest BCUT2D eigenvalue weighted by Gasteiger charge is -2.25. The van der Waals surface area contributed by atoms with Gasteiger partial charge in [0, 0.05) is 33.9 Å². The Morgan fingerprint density at radius 2 is 1.66 bits per heavy atom. The van der Waals surface area contributed by atoms with Gasteiger partial charge in [0.1, 0.15) is 5.76 Å². The summed E-state index contributed by atoms with van der Waals surface area (Å²) in [5.41, 5.74) is 5.16. The van der Waals surface area contributed by atoms with Gasteiger partial charge in [-0.1, -0.05) is 75.4 Å². The number of carbonyl (C=O) groups is 2. The Balaban J connectivity index is 1.72. The minimum absolute atomic E-state index is 0.0944. The van der Waals surface area contributed by atoms with Crippen LogP contribution in [0, 0.1) is 0 Å². The van der Waals surface area contributed by atoms with Gasteiger partial charge in [0.2, 0.25) is 0 Å². The van der Waals surface area contributed by atoms with E-state index in [0.717, 1.165) is 34.0 Å². The number of nitrogens with one attached hydrogen (secondary N) is 1. The van der Waals surface area contributed by atoms with Gasteiger partial charge in [-0.3, -0.25) is 14.5 Å². The van der Waals surface area contributed by atoms with Crippen molar-refractivity contribution in [3.8, 4) is 0 Å². The summed E-state index contributed by atoms with van der Waals surface area (Å²) in [5.74, 6) is -1.16. The molecule has 5 heteroatoms. The first kappa shape index (κ1) is 22.7. The summed E-state index contributed by atoms with van der Waals surface area (Å²) in [6, 6.07) is 22.2. The minimum Gasteiger partial charge on any atom is -0.507 e. The van der Waals surface area contributed by atoms with Crippen LogP contribution in [0.2, 0.25) is 0 Å². The molecular weight excluding hydrogens is 436 g/mol. The van der Waals surface area contributed by atoms with E-state index in [1.165, 1.54) is 4.90 Å². The number of carbonyl (C=O) groups excluding carboxylic acids is 2. The van der Waals surface area contributed by atoms with E-state index in [1.54, 1.807) is 12.1 Å². The molecule has 1 amide bonds. The fourth-order valence-electron chi connectivity index (χ4n) is 4.79. The third kappa shape index (κ3) is 3.83. The van der Waals surface area contributed by atoms with Crippen molar-refractivity contribution in [2.24, 2.45) is 0 Å². The molecule has 0 radical (unpaired) electrons.